The number of carbonyl (C=O) groups is 2. The molecule has 0 unspecified atom stereocenters. The third-order valence-corrected chi connectivity index (χ3v) is 7.68. The number of piperidine rings is 1. The highest BCUT2D eigenvalue weighted by atomic mass is 16.3. The molecule has 1 N–H and O–H groups in total. The summed E-state index contributed by atoms with van der Waals surface area (Å²) in [7, 11) is 0. The van der Waals surface area contributed by atoms with Crippen LogP contribution in [-0.2, 0) is 6.42 Å². The van der Waals surface area contributed by atoms with Gasteiger partial charge in [-0.15, -0.1) is 0 Å². The molecule has 5 rings (SSSR count). The minimum Gasteiger partial charge on any atom is -0.396 e. The van der Waals surface area contributed by atoms with Gasteiger partial charge >= 0.3 is 0 Å². The van der Waals surface area contributed by atoms with E-state index in [4.69, 9.17) is 4.98 Å². The molecule has 0 spiro atoms. The zero-order valence-corrected chi connectivity index (χ0v) is 21.8. The van der Waals surface area contributed by atoms with Crippen LogP contribution in [0.2, 0.25) is 0 Å². The van der Waals surface area contributed by atoms with E-state index in [1.165, 1.54) is 0 Å². The lowest BCUT2D eigenvalue weighted by Crippen LogP contribution is -2.54. The van der Waals surface area contributed by atoms with Crippen LogP contribution in [0.3, 0.4) is 0 Å². The number of pyridine rings is 1. The number of nitrogens with zero attached hydrogens (tertiary/aromatic N) is 4. The summed E-state index contributed by atoms with van der Waals surface area (Å²) in [6, 6.07) is 23.7. The Hall–Kier alpha value is -3.55. The molecule has 1 aromatic heterocycles. The molecule has 2 fully saturated rings. The SMILES string of the molecule is O=C(c1ccccc1)N1CCC(N2CCN(C(=O)c3cc(CCCO)nc(-c4ccccc4)c3)CC2)CC1. The van der Waals surface area contributed by atoms with Crippen molar-refractivity contribution < 1.29 is 14.7 Å². The number of hydrogen-bond acceptors (Lipinski definition) is 5. The van der Waals surface area contributed by atoms with Gasteiger partial charge in [0.1, 0.15) is 0 Å². The van der Waals surface area contributed by atoms with Gasteiger partial charge in [-0.2, -0.15) is 0 Å². The number of carbonyl (C=O) groups excluding carboxylic acids is 2. The molecule has 0 bridgehead atoms. The smallest absolute Gasteiger partial charge is 0.254 e. The summed E-state index contributed by atoms with van der Waals surface area (Å²) < 4.78 is 0. The van der Waals surface area contributed by atoms with Crippen LogP contribution in [0.25, 0.3) is 11.3 Å². The van der Waals surface area contributed by atoms with E-state index < -0.39 is 0 Å². The van der Waals surface area contributed by atoms with Crippen LogP contribution in [0, 0.1) is 0 Å². The van der Waals surface area contributed by atoms with E-state index in [-0.39, 0.29) is 18.4 Å². The average molecular weight is 513 g/mol. The van der Waals surface area contributed by atoms with E-state index in [9.17, 15) is 14.7 Å². The third kappa shape index (κ3) is 6.11. The lowest BCUT2D eigenvalue weighted by atomic mass is 10.0. The number of aromatic nitrogens is 1. The predicted molar refractivity (Wildman–Crippen MR) is 148 cm³/mol. The van der Waals surface area contributed by atoms with E-state index in [1.807, 2.05) is 82.6 Å². The molecule has 2 saturated heterocycles. The predicted octanol–water partition coefficient (Wildman–Crippen LogP) is 3.74. The molecular formula is C31H36N4O3. The topological polar surface area (TPSA) is 77.0 Å². The molecule has 38 heavy (non-hydrogen) atoms. The molecule has 2 aliphatic rings. The maximum absolute atomic E-state index is 13.5. The highest BCUT2D eigenvalue weighted by molar-refractivity contribution is 5.95. The molecule has 2 amide bonds. The van der Waals surface area contributed by atoms with E-state index >= 15 is 0 Å². The van der Waals surface area contributed by atoms with Crippen LogP contribution in [0.4, 0.5) is 0 Å². The third-order valence-electron chi connectivity index (χ3n) is 7.68. The monoisotopic (exact) mass is 512 g/mol. The van der Waals surface area contributed by atoms with Crippen LogP contribution >= 0.6 is 0 Å². The Balaban J connectivity index is 1.19. The highest BCUT2D eigenvalue weighted by Crippen LogP contribution is 2.23. The van der Waals surface area contributed by atoms with Gasteiger partial charge in [0.05, 0.1) is 5.69 Å². The first-order valence-corrected chi connectivity index (χ1v) is 13.7. The molecule has 198 valence electrons. The van der Waals surface area contributed by atoms with Gasteiger partial charge in [-0.25, -0.2) is 0 Å². The van der Waals surface area contributed by atoms with Gasteiger partial charge in [0.15, 0.2) is 0 Å². The summed E-state index contributed by atoms with van der Waals surface area (Å²) >= 11 is 0. The first-order chi connectivity index (χ1) is 18.6. The second-order valence-corrected chi connectivity index (χ2v) is 10.1. The van der Waals surface area contributed by atoms with Gasteiger partial charge in [-0.3, -0.25) is 19.5 Å². The van der Waals surface area contributed by atoms with Crippen molar-refractivity contribution in [1.29, 1.82) is 0 Å². The summed E-state index contributed by atoms with van der Waals surface area (Å²) in [5.74, 6) is 0.155. The summed E-state index contributed by atoms with van der Waals surface area (Å²) in [5.41, 5.74) is 4.02. The molecule has 7 nitrogen and oxygen atoms in total. The van der Waals surface area contributed by atoms with E-state index in [2.05, 4.69) is 4.90 Å². The summed E-state index contributed by atoms with van der Waals surface area (Å²) in [4.78, 5) is 37.5. The Labute approximate surface area is 224 Å². The number of aryl methyl sites for hydroxylation is 1. The minimum absolute atomic E-state index is 0.0396. The number of likely N-dealkylation sites (tertiary alicyclic amines) is 1. The zero-order valence-electron chi connectivity index (χ0n) is 21.8. The first-order valence-electron chi connectivity index (χ1n) is 13.7. The molecule has 3 aromatic rings. The quantitative estimate of drug-likeness (QED) is 0.522. The zero-order chi connectivity index (χ0) is 26.3. The van der Waals surface area contributed by atoms with Gasteiger partial charge in [-0.1, -0.05) is 48.5 Å². The lowest BCUT2D eigenvalue weighted by Gasteiger charge is -2.42. The fourth-order valence-electron chi connectivity index (χ4n) is 5.53. The normalized spacial score (nSPS) is 17.0. The second-order valence-electron chi connectivity index (χ2n) is 10.1. The first kappa shape index (κ1) is 26.1. The van der Waals surface area contributed by atoms with Crippen LogP contribution in [-0.4, -0.2) is 88.5 Å². The number of hydrogen-bond donors (Lipinski definition) is 1. The molecule has 2 aromatic carbocycles. The molecule has 0 radical (unpaired) electrons. The van der Waals surface area contributed by atoms with Crippen molar-refractivity contribution in [3.05, 3.63) is 89.6 Å². The lowest BCUT2D eigenvalue weighted by molar-refractivity contribution is 0.0412. The molecule has 0 aliphatic carbocycles. The van der Waals surface area contributed by atoms with E-state index in [0.29, 0.717) is 37.5 Å². The number of benzene rings is 2. The average Bonchev–Trinajstić information content (AvgIpc) is 3.00. The van der Waals surface area contributed by atoms with E-state index in [1.54, 1.807) is 0 Å². The molecule has 7 heteroatoms. The summed E-state index contributed by atoms with van der Waals surface area (Å²) in [6.45, 7) is 4.71. The van der Waals surface area contributed by atoms with Crippen LogP contribution < -0.4 is 0 Å². The molecule has 0 atom stereocenters. The maximum atomic E-state index is 13.5. The fourth-order valence-corrected chi connectivity index (χ4v) is 5.53. The van der Waals surface area contributed by atoms with Crippen molar-refractivity contribution in [1.82, 2.24) is 19.7 Å². The molecular weight excluding hydrogens is 476 g/mol. The number of rotatable bonds is 7. The summed E-state index contributed by atoms with van der Waals surface area (Å²) in [6.07, 6.45) is 3.18. The van der Waals surface area contributed by atoms with Crippen molar-refractivity contribution >= 4 is 11.8 Å². The Morgan fingerprint density at radius 1 is 0.763 bits per heavy atom. The second kappa shape index (κ2) is 12.3. The van der Waals surface area contributed by atoms with Crippen LogP contribution in [0.5, 0.6) is 0 Å². The van der Waals surface area contributed by atoms with Crippen LogP contribution in [0.1, 0.15) is 45.7 Å². The van der Waals surface area contributed by atoms with Crippen molar-refractivity contribution in [3.63, 3.8) is 0 Å². The maximum Gasteiger partial charge on any atom is 0.254 e. The Morgan fingerprint density at radius 2 is 1.37 bits per heavy atom. The number of piperazine rings is 1. The number of amides is 2. The van der Waals surface area contributed by atoms with Crippen LogP contribution in [0.15, 0.2) is 72.8 Å². The molecule has 3 heterocycles. The van der Waals surface area contributed by atoms with Crippen molar-refractivity contribution in [3.8, 4) is 11.3 Å². The number of aliphatic hydroxyl groups excluding tert-OH is 1. The fraction of sp³-hybridized carbons (Fsp3) is 0.387. The Kier molecular flexibility index (Phi) is 8.46. The van der Waals surface area contributed by atoms with Gasteiger partial charge in [-0.05, 0) is 49.9 Å². The van der Waals surface area contributed by atoms with Crippen molar-refractivity contribution in [2.75, 3.05) is 45.9 Å². The highest BCUT2D eigenvalue weighted by Gasteiger charge is 2.31. The number of aliphatic hydroxyl groups is 1. The van der Waals surface area contributed by atoms with Gasteiger partial charge in [0.25, 0.3) is 11.8 Å². The van der Waals surface area contributed by atoms with Crippen molar-refractivity contribution in [2.45, 2.75) is 31.7 Å². The molecule has 2 aliphatic heterocycles. The minimum atomic E-state index is 0.0396. The van der Waals surface area contributed by atoms with Gasteiger partial charge in [0, 0.05) is 74.3 Å². The Bertz CT molecular complexity index is 1220. The summed E-state index contributed by atoms with van der Waals surface area (Å²) in [5, 5.41) is 9.30. The van der Waals surface area contributed by atoms with Gasteiger partial charge < -0.3 is 14.9 Å². The van der Waals surface area contributed by atoms with Crippen molar-refractivity contribution in [2.24, 2.45) is 0 Å². The van der Waals surface area contributed by atoms with Gasteiger partial charge in [0.2, 0.25) is 0 Å². The Morgan fingerprint density at radius 3 is 2.03 bits per heavy atom. The molecule has 0 saturated carbocycles. The largest absolute Gasteiger partial charge is 0.396 e. The van der Waals surface area contributed by atoms with E-state index in [0.717, 1.165) is 61.5 Å². The standard InChI is InChI=1S/C31H36N4O3/c36-21-7-12-27-22-26(23-29(32-27)24-8-3-1-4-9-24)31(38)35-19-17-33(18-20-35)28-13-15-34(16-14-28)30(37)25-10-5-2-6-11-25/h1-6,8-11,22-23,28,36H,7,12-21H2.